The molecule has 0 saturated heterocycles. The van der Waals surface area contributed by atoms with Gasteiger partial charge in [-0.25, -0.2) is 0 Å². The van der Waals surface area contributed by atoms with E-state index in [1.54, 1.807) is 38.1 Å². The number of hydrogen-bond acceptors (Lipinski definition) is 4. The Bertz CT molecular complexity index is 783. The van der Waals surface area contributed by atoms with Crippen LogP contribution in [-0.4, -0.2) is 24.4 Å². The summed E-state index contributed by atoms with van der Waals surface area (Å²) in [4.78, 5) is 0. The molecule has 0 spiro atoms. The van der Waals surface area contributed by atoms with E-state index in [-0.39, 0.29) is 13.2 Å². The van der Waals surface area contributed by atoms with E-state index in [1.165, 1.54) is 7.11 Å². The fourth-order valence-corrected chi connectivity index (χ4v) is 2.50. The maximum absolute atomic E-state index is 13.2. The van der Waals surface area contributed by atoms with Gasteiger partial charge in [0.1, 0.15) is 11.5 Å². The molecule has 0 bridgehead atoms. The standard InChI is InChI=1S/C20H24F3NO3/c1-19(2,25)4-5-27-18-10-15(9-17(11-18)26-3)14-6-13(12-24)7-16(8-14)20(21,22)23/h6-11,25H,4-5,12,24H2,1-3H3. The Morgan fingerprint density at radius 1 is 0.963 bits per heavy atom. The van der Waals surface area contributed by atoms with Crippen LogP contribution in [0, 0.1) is 0 Å². The lowest BCUT2D eigenvalue weighted by molar-refractivity contribution is -0.137. The van der Waals surface area contributed by atoms with E-state index >= 15 is 0 Å². The summed E-state index contributed by atoms with van der Waals surface area (Å²) in [5.74, 6) is 0.901. The molecule has 0 fully saturated rings. The second kappa shape index (κ2) is 8.19. The Morgan fingerprint density at radius 3 is 2.15 bits per heavy atom. The summed E-state index contributed by atoms with van der Waals surface area (Å²) in [5, 5.41) is 9.77. The van der Waals surface area contributed by atoms with Crippen LogP contribution in [0.4, 0.5) is 13.2 Å². The van der Waals surface area contributed by atoms with Gasteiger partial charge in [-0.3, -0.25) is 0 Å². The minimum Gasteiger partial charge on any atom is -0.497 e. The zero-order chi connectivity index (χ0) is 20.2. The quantitative estimate of drug-likeness (QED) is 0.745. The molecule has 27 heavy (non-hydrogen) atoms. The van der Waals surface area contributed by atoms with Crippen molar-refractivity contribution in [3.8, 4) is 22.6 Å². The molecular weight excluding hydrogens is 359 g/mol. The van der Waals surface area contributed by atoms with Gasteiger partial charge in [-0.15, -0.1) is 0 Å². The van der Waals surface area contributed by atoms with Crippen molar-refractivity contribution in [2.45, 2.75) is 38.6 Å². The molecular formula is C20H24F3NO3. The van der Waals surface area contributed by atoms with Crippen LogP contribution in [-0.2, 0) is 12.7 Å². The molecule has 3 N–H and O–H groups in total. The van der Waals surface area contributed by atoms with E-state index < -0.39 is 17.3 Å². The summed E-state index contributed by atoms with van der Waals surface area (Å²) in [6.45, 7) is 3.59. The number of hydrogen-bond donors (Lipinski definition) is 2. The predicted molar refractivity (Wildman–Crippen MR) is 97.7 cm³/mol. The van der Waals surface area contributed by atoms with Crippen molar-refractivity contribution >= 4 is 0 Å². The van der Waals surface area contributed by atoms with Gasteiger partial charge < -0.3 is 20.3 Å². The highest BCUT2D eigenvalue weighted by Crippen LogP contribution is 2.36. The fourth-order valence-electron chi connectivity index (χ4n) is 2.50. The van der Waals surface area contributed by atoms with E-state index in [1.807, 2.05) is 0 Å². The molecule has 0 saturated carbocycles. The molecule has 0 amide bonds. The Balaban J connectivity index is 2.41. The second-order valence-electron chi connectivity index (χ2n) is 6.93. The molecule has 148 valence electrons. The maximum Gasteiger partial charge on any atom is 0.416 e. The third-order valence-corrected chi connectivity index (χ3v) is 3.99. The van der Waals surface area contributed by atoms with Crippen LogP contribution in [0.5, 0.6) is 11.5 Å². The van der Waals surface area contributed by atoms with Crippen molar-refractivity contribution in [3.05, 3.63) is 47.5 Å². The highest BCUT2D eigenvalue weighted by atomic mass is 19.4. The fraction of sp³-hybridized carbons (Fsp3) is 0.400. The summed E-state index contributed by atoms with van der Waals surface area (Å²) in [5.41, 5.74) is 5.20. The number of rotatable bonds is 7. The lowest BCUT2D eigenvalue weighted by Gasteiger charge is -2.18. The normalized spacial score (nSPS) is 12.1. The lowest BCUT2D eigenvalue weighted by atomic mass is 9.99. The molecule has 0 unspecified atom stereocenters. The van der Waals surface area contributed by atoms with Crippen LogP contribution in [0.2, 0.25) is 0 Å². The van der Waals surface area contributed by atoms with Crippen LogP contribution in [0.25, 0.3) is 11.1 Å². The number of benzene rings is 2. The first-order valence-corrected chi connectivity index (χ1v) is 8.48. The average Bonchev–Trinajstić information content (AvgIpc) is 2.59. The lowest BCUT2D eigenvalue weighted by Crippen LogP contribution is -2.21. The van der Waals surface area contributed by atoms with Crippen molar-refractivity contribution in [1.29, 1.82) is 0 Å². The van der Waals surface area contributed by atoms with E-state index in [9.17, 15) is 18.3 Å². The number of aliphatic hydroxyl groups is 1. The van der Waals surface area contributed by atoms with Gasteiger partial charge in [0.15, 0.2) is 0 Å². The molecule has 7 heteroatoms. The second-order valence-corrected chi connectivity index (χ2v) is 6.93. The van der Waals surface area contributed by atoms with Gasteiger partial charge in [0.25, 0.3) is 0 Å². The van der Waals surface area contributed by atoms with Crippen molar-refractivity contribution in [2.75, 3.05) is 13.7 Å². The Hall–Kier alpha value is -2.25. The van der Waals surface area contributed by atoms with E-state index in [2.05, 4.69) is 0 Å². The number of alkyl halides is 3. The zero-order valence-electron chi connectivity index (χ0n) is 15.6. The van der Waals surface area contributed by atoms with Crippen LogP contribution in [0.3, 0.4) is 0 Å². The smallest absolute Gasteiger partial charge is 0.416 e. The topological polar surface area (TPSA) is 64.7 Å². The average molecular weight is 383 g/mol. The molecule has 0 aliphatic heterocycles. The largest absolute Gasteiger partial charge is 0.497 e. The third kappa shape index (κ3) is 6.15. The summed E-state index contributed by atoms with van der Waals surface area (Å²) in [6, 6.07) is 8.66. The van der Waals surface area contributed by atoms with Gasteiger partial charge in [0, 0.05) is 19.0 Å². The number of methoxy groups -OCH3 is 1. The van der Waals surface area contributed by atoms with Crippen molar-refractivity contribution < 1.29 is 27.8 Å². The van der Waals surface area contributed by atoms with Gasteiger partial charge in [-0.1, -0.05) is 0 Å². The molecule has 0 aliphatic carbocycles. The molecule has 0 atom stereocenters. The van der Waals surface area contributed by atoms with Gasteiger partial charge in [-0.05, 0) is 60.9 Å². The Labute approximate surface area is 156 Å². The molecule has 0 aliphatic rings. The number of halogens is 3. The summed E-state index contributed by atoms with van der Waals surface area (Å²) in [7, 11) is 1.47. The molecule has 0 aromatic heterocycles. The van der Waals surface area contributed by atoms with Gasteiger partial charge in [-0.2, -0.15) is 13.2 Å². The SMILES string of the molecule is COc1cc(OCCC(C)(C)O)cc(-c2cc(CN)cc(C(F)(F)F)c2)c1. The van der Waals surface area contributed by atoms with E-state index in [0.29, 0.717) is 34.6 Å². The third-order valence-electron chi connectivity index (χ3n) is 3.99. The van der Waals surface area contributed by atoms with Crippen LogP contribution in [0.1, 0.15) is 31.4 Å². The maximum atomic E-state index is 13.2. The summed E-state index contributed by atoms with van der Waals surface area (Å²) < 4.78 is 50.5. The molecule has 0 heterocycles. The Morgan fingerprint density at radius 2 is 1.59 bits per heavy atom. The van der Waals surface area contributed by atoms with Gasteiger partial charge in [0.05, 0.1) is 24.9 Å². The minimum absolute atomic E-state index is 0.00414. The van der Waals surface area contributed by atoms with Gasteiger partial charge >= 0.3 is 6.18 Å². The first-order valence-electron chi connectivity index (χ1n) is 8.48. The van der Waals surface area contributed by atoms with Crippen molar-refractivity contribution in [2.24, 2.45) is 5.73 Å². The molecule has 2 aromatic rings. The molecule has 2 aromatic carbocycles. The molecule has 4 nitrogen and oxygen atoms in total. The van der Waals surface area contributed by atoms with Crippen molar-refractivity contribution in [3.63, 3.8) is 0 Å². The highest BCUT2D eigenvalue weighted by Gasteiger charge is 2.31. The van der Waals surface area contributed by atoms with E-state index in [0.717, 1.165) is 12.1 Å². The van der Waals surface area contributed by atoms with Crippen LogP contribution < -0.4 is 15.2 Å². The highest BCUT2D eigenvalue weighted by molar-refractivity contribution is 5.69. The first kappa shape index (κ1) is 21.1. The van der Waals surface area contributed by atoms with Crippen LogP contribution in [0.15, 0.2) is 36.4 Å². The van der Waals surface area contributed by atoms with E-state index in [4.69, 9.17) is 15.2 Å². The number of ether oxygens (including phenoxy) is 2. The van der Waals surface area contributed by atoms with Gasteiger partial charge in [0.2, 0.25) is 0 Å². The first-order chi connectivity index (χ1) is 12.5. The molecule has 0 radical (unpaired) electrons. The van der Waals surface area contributed by atoms with Crippen molar-refractivity contribution in [1.82, 2.24) is 0 Å². The summed E-state index contributed by atoms with van der Waals surface area (Å²) in [6.07, 6.45) is -4.06. The summed E-state index contributed by atoms with van der Waals surface area (Å²) >= 11 is 0. The molecule has 2 rings (SSSR count). The number of nitrogens with two attached hydrogens (primary N) is 1. The zero-order valence-corrected chi connectivity index (χ0v) is 15.6. The Kier molecular flexibility index (Phi) is 6.38. The van der Waals surface area contributed by atoms with Crippen LogP contribution >= 0.6 is 0 Å². The predicted octanol–water partition coefficient (Wildman–Crippen LogP) is 4.38. The monoisotopic (exact) mass is 383 g/mol. The minimum atomic E-state index is -4.47.